The number of nitrogens with zero attached hydrogens (tertiary/aromatic N) is 2. The van der Waals surface area contributed by atoms with Crippen molar-refractivity contribution in [3.8, 4) is 0 Å². The summed E-state index contributed by atoms with van der Waals surface area (Å²) in [6.07, 6.45) is 4.97. The molecular weight excluding hydrogens is 168 g/mol. The van der Waals surface area contributed by atoms with Crippen LogP contribution in [0.15, 0.2) is 12.4 Å². The van der Waals surface area contributed by atoms with Crippen molar-refractivity contribution in [2.24, 2.45) is 7.05 Å². The van der Waals surface area contributed by atoms with Crippen LogP contribution < -0.4 is 4.57 Å². The topological polar surface area (TPSA) is 46.1 Å². The lowest BCUT2D eigenvalue weighted by Crippen LogP contribution is -2.31. The number of hydrogen-bond donors (Lipinski definition) is 1. The van der Waals surface area contributed by atoms with Crippen molar-refractivity contribution in [1.82, 2.24) is 4.57 Å². The minimum atomic E-state index is -0.751. The zero-order valence-corrected chi connectivity index (χ0v) is 8.03. The van der Waals surface area contributed by atoms with Crippen molar-refractivity contribution in [1.29, 1.82) is 0 Å². The molecule has 4 nitrogen and oxygen atoms in total. The van der Waals surface area contributed by atoms with Crippen LogP contribution in [0.3, 0.4) is 0 Å². The van der Waals surface area contributed by atoms with Crippen LogP contribution in [0, 0.1) is 0 Å². The first-order chi connectivity index (χ1) is 6.15. The van der Waals surface area contributed by atoms with Crippen LogP contribution in [0.1, 0.15) is 19.2 Å². The van der Waals surface area contributed by atoms with E-state index in [1.54, 1.807) is 0 Å². The summed E-state index contributed by atoms with van der Waals surface area (Å²) < 4.78 is 4.00. The van der Waals surface area contributed by atoms with E-state index in [0.717, 1.165) is 12.2 Å². The largest absolute Gasteiger partial charge is 0.481 e. The van der Waals surface area contributed by atoms with Crippen molar-refractivity contribution in [2.45, 2.75) is 26.3 Å². The lowest BCUT2D eigenvalue weighted by Gasteiger charge is -1.97. The van der Waals surface area contributed by atoms with Gasteiger partial charge in [0.05, 0.1) is 13.5 Å². The average molecular weight is 183 g/mol. The SMILES string of the molecule is CCc1n(CCC(=O)O)cc[n+]1C. The first kappa shape index (κ1) is 9.77. The highest BCUT2D eigenvalue weighted by atomic mass is 16.4. The van der Waals surface area contributed by atoms with Gasteiger partial charge in [-0.15, -0.1) is 0 Å². The predicted molar refractivity (Wildman–Crippen MR) is 47.2 cm³/mol. The Hall–Kier alpha value is -1.32. The van der Waals surface area contributed by atoms with E-state index in [4.69, 9.17) is 5.11 Å². The van der Waals surface area contributed by atoms with E-state index in [0.29, 0.717) is 6.54 Å². The fraction of sp³-hybridized carbons (Fsp3) is 0.556. The molecule has 0 saturated carbocycles. The maximum Gasteiger partial charge on any atom is 0.307 e. The third-order valence-electron chi connectivity index (χ3n) is 2.09. The number of imidazole rings is 1. The van der Waals surface area contributed by atoms with Gasteiger partial charge < -0.3 is 5.11 Å². The van der Waals surface area contributed by atoms with Crippen LogP contribution >= 0.6 is 0 Å². The molecule has 1 N–H and O–H groups in total. The molecule has 0 aliphatic rings. The summed E-state index contributed by atoms with van der Waals surface area (Å²) in [6, 6.07) is 0. The van der Waals surface area contributed by atoms with Crippen molar-refractivity contribution in [3.63, 3.8) is 0 Å². The van der Waals surface area contributed by atoms with Crippen LogP contribution in [0.2, 0.25) is 0 Å². The molecule has 0 unspecified atom stereocenters. The maximum absolute atomic E-state index is 10.4. The van der Waals surface area contributed by atoms with Crippen molar-refractivity contribution in [2.75, 3.05) is 0 Å². The van der Waals surface area contributed by atoms with Crippen molar-refractivity contribution >= 4 is 5.97 Å². The maximum atomic E-state index is 10.4. The summed E-state index contributed by atoms with van der Waals surface area (Å²) in [5.74, 6) is 0.402. The molecule has 0 atom stereocenters. The Labute approximate surface area is 77.4 Å². The Morgan fingerprint density at radius 3 is 2.92 bits per heavy atom. The molecule has 0 aromatic carbocycles. The number of aliphatic carboxylic acids is 1. The summed E-state index contributed by atoms with van der Waals surface area (Å²) in [7, 11) is 1.97. The van der Waals surface area contributed by atoms with Gasteiger partial charge in [-0.05, 0) is 0 Å². The summed E-state index contributed by atoms with van der Waals surface area (Å²) in [5.41, 5.74) is 0. The van der Waals surface area contributed by atoms with Gasteiger partial charge >= 0.3 is 5.97 Å². The summed E-state index contributed by atoms with van der Waals surface area (Å²) in [6.45, 7) is 2.62. The van der Waals surface area contributed by atoms with Crippen molar-refractivity contribution in [3.05, 3.63) is 18.2 Å². The van der Waals surface area contributed by atoms with Crippen LogP contribution in [0.25, 0.3) is 0 Å². The molecule has 0 aliphatic heterocycles. The number of aryl methyl sites for hydroxylation is 2. The number of carboxylic acids is 1. The summed E-state index contributed by atoms with van der Waals surface area (Å²) >= 11 is 0. The van der Waals surface area contributed by atoms with Crippen LogP contribution in [-0.4, -0.2) is 15.6 Å². The second-order valence-corrected chi connectivity index (χ2v) is 3.02. The van der Waals surface area contributed by atoms with Gasteiger partial charge in [-0.2, -0.15) is 0 Å². The van der Waals surface area contributed by atoms with Gasteiger partial charge in [-0.25, -0.2) is 9.13 Å². The van der Waals surface area contributed by atoms with Gasteiger partial charge in [0.1, 0.15) is 18.9 Å². The van der Waals surface area contributed by atoms with E-state index >= 15 is 0 Å². The van der Waals surface area contributed by atoms with Gasteiger partial charge in [-0.3, -0.25) is 4.79 Å². The van der Waals surface area contributed by atoms with Crippen LogP contribution in [-0.2, 0) is 24.8 Å². The first-order valence-electron chi connectivity index (χ1n) is 4.40. The highest BCUT2D eigenvalue weighted by molar-refractivity contribution is 5.66. The van der Waals surface area contributed by atoms with Crippen LogP contribution in [0.4, 0.5) is 0 Å². The minimum absolute atomic E-state index is 0.182. The molecule has 0 aliphatic carbocycles. The minimum Gasteiger partial charge on any atom is -0.481 e. The molecule has 1 rings (SSSR count). The molecule has 1 heterocycles. The smallest absolute Gasteiger partial charge is 0.307 e. The van der Waals surface area contributed by atoms with E-state index < -0.39 is 5.97 Å². The third kappa shape index (κ3) is 2.31. The van der Waals surface area contributed by atoms with E-state index in [1.807, 2.05) is 28.6 Å². The molecule has 0 spiro atoms. The molecule has 0 fully saturated rings. The monoisotopic (exact) mass is 183 g/mol. The molecular formula is C9H15N2O2+. The summed E-state index contributed by atoms with van der Waals surface area (Å²) in [4.78, 5) is 10.4. The van der Waals surface area contributed by atoms with Gasteiger partial charge in [0, 0.05) is 6.42 Å². The fourth-order valence-corrected chi connectivity index (χ4v) is 1.43. The van der Waals surface area contributed by atoms with Gasteiger partial charge in [0.25, 0.3) is 5.82 Å². The lowest BCUT2D eigenvalue weighted by atomic mass is 10.4. The molecule has 0 saturated heterocycles. The van der Waals surface area contributed by atoms with E-state index in [9.17, 15) is 4.79 Å². The van der Waals surface area contributed by atoms with Crippen LogP contribution in [0.5, 0.6) is 0 Å². The first-order valence-corrected chi connectivity index (χ1v) is 4.40. The lowest BCUT2D eigenvalue weighted by molar-refractivity contribution is -0.678. The summed E-state index contributed by atoms with van der Waals surface area (Å²) in [5, 5.41) is 8.53. The Balaban J connectivity index is 2.70. The molecule has 0 radical (unpaired) electrons. The third-order valence-corrected chi connectivity index (χ3v) is 2.09. The highest BCUT2D eigenvalue weighted by Crippen LogP contribution is 1.97. The second kappa shape index (κ2) is 4.07. The number of carboxylic acid groups (broad SMARTS) is 1. The molecule has 72 valence electrons. The Morgan fingerprint density at radius 1 is 1.69 bits per heavy atom. The number of hydrogen-bond acceptors (Lipinski definition) is 1. The molecule has 1 aromatic rings. The number of carbonyl (C=O) groups is 1. The molecule has 0 bridgehead atoms. The van der Waals surface area contributed by atoms with Gasteiger partial charge in [0.2, 0.25) is 0 Å². The average Bonchev–Trinajstić information content (AvgIpc) is 2.42. The number of aromatic nitrogens is 2. The normalized spacial score (nSPS) is 10.3. The Bertz CT molecular complexity index is 305. The van der Waals surface area contributed by atoms with E-state index in [2.05, 4.69) is 6.92 Å². The second-order valence-electron chi connectivity index (χ2n) is 3.02. The molecule has 13 heavy (non-hydrogen) atoms. The Morgan fingerprint density at radius 2 is 2.38 bits per heavy atom. The Kier molecular flexibility index (Phi) is 3.06. The number of rotatable bonds is 4. The quantitative estimate of drug-likeness (QED) is 0.685. The van der Waals surface area contributed by atoms with E-state index in [1.165, 1.54) is 0 Å². The van der Waals surface area contributed by atoms with Gasteiger partial charge in [-0.1, -0.05) is 6.92 Å². The predicted octanol–water partition coefficient (Wildman–Crippen LogP) is 0.350. The molecule has 1 aromatic heterocycles. The molecule has 4 heteroatoms. The van der Waals surface area contributed by atoms with Gasteiger partial charge in [0.15, 0.2) is 0 Å². The zero-order chi connectivity index (χ0) is 9.84. The fourth-order valence-electron chi connectivity index (χ4n) is 1.43. The van der Waals surface area contributed by atoms with E-state index in [-0.39, 0.29) is 6.42 Å². The zero-order valence-electron chi connectivity index (χ0n) is 8.03. The highest BCUT2D eigenvalue weighted by Gasteiger charge is 2.12. The molecule has 0 amide bonds. The standard InChI is InChI=1S/C9H14N2O2/c1-3-8-10(2)6-7-11(8)5-4-9(12)13/h6-7H,3-5H2,1-2H3/p+1. The van der Waals surface area contributed by atoms with Crippen molar-refractivity contribution < 1.29 is 14.5 Å².